The largest absolute Gasteiger partial charge is 0.386 e. The van der Waals surface area contributed by atoms with Crippen molar-refractivity contribution in [3.05, 3.63) is 42.3 Å². The number of aliphatic hydroxyl groups is 1. The zero-order valence-corrected chi connectivity index (χ0v) is 7.01. The van der Waals surface area contributed by atoms with E-state index in [0.29, 0.717) is 5.69 Å². The molecule has 68 valence electrons. The van der Waals surface area contributed by atoms with Crippen LogP contribution >= 0.6 is 0 Å². The molecule has 0 amide bonds. The number of aliphatic hydroxyl groups excluding tert-OH is 1. The summed E-state index contributed by atoms with van der Waals surface area (Å²) >= 11 is 0. The van der Waals surface area contributed by atoms with Gasteiger partial charge in [-0.25, -0.2) is 0 Å². The molecule has 1 aromatic rings. The van der Waals surface area contributed by atoms with Crippen LogP contribution in [0.25, 0.3) is 0 Å². The third-order valence-electron chi connectivity index (χ3n) is 2.21. The highest BCUT2D eigenvalue weighted by Gasteiger charge is 2.34. The summed E-state index contributed by atoms with van der Waals surface area (Å²) in [4.78, 5) is 0. The molecule has 0 aliphatic heterocycles. The van der Waals surface area contributed by atoms with Crippen molar-refractivity contribution in [3.8, 4) is 0 Å². The van der Waals surface area contributed by atoms with Gasteiger partial charge in [0, 0.05) is 6.20 Å². The minimum absolute atomic E-state index is 0.639. The molecule has 4 heteroatoms. The molecule has 13 heavy (non-hydrogen) atoms. The predicted molar refractivity (Wildman–Crippen MR) is 48.7 cm³/mol. The molecule has 2 atom stereocenters. The van der Waals surface area contributed by atoms with Gasteiger partial charge in [0.05, 0.1) is 11.8 Å². The highest BCUT2D eigenvalue weighted by molar-refractivity contribution is 5.32. The quantitative estimate of drug-likeness (QED) is 0.567. The molecule has 0 spiro atoms. The third-order valence-corrected chi connectivity index (χ3v) is 2.21. The summed E-state index contributed by atoms with van der Waals surface area (Å²) in [7, 11) is 0. The summed E-state index contributed by atoms with van der Waals surface area (Å²) in [6.07, 6.45) is 7.93. The summed E-state index contributed by atoms with van der Waals surface area (Å²) in [5.74, 6) is 0. The Bertz CT molecular complexity index is 342. The maximum atomic E-state index is 9.68. The number of nitrogens with one attached hydrogen (secondary N) is 1. The molecule has 1 aromatic heterocycles. The van der Waals surface area contributed by atoms with Crippen molar-refractivity contribution in [3.63, 3.8) is 0 Å². The van der Waals surface area contributed by atoms with Crippen LogP contribution in [0.5, 0.6) is 0 Å². The van der Waals surface area contributed by atoms with E-state index >= 15 is 0 Å². The SMILES string of the molecule is NC1(c2cc[nH]n2)C=CC=CC1O. The van der Waals surface area contributed by atoms with Crippen LogP contribution in [0, 0.1) is 0 Å². The first-order chi connectivity index (χ1) is 6.23. The van der Waals surface area contributed by atoms with Crippen LogP contribution in [0.2, 0.25) is 0 Å². The summed E-state index contributed by atoms with van der Waals surface area (Å²) in [6, 6.07) is 1.76. The van der Waals surface area contributed by atoms with Gasteiger partial charge in [0.25, 0.3) is 0 Å². The van der Waals surface area contributed by atoms with Crippen molar-refractivity contribution in [1.29, 1.82) is 0 Å². The summed E-state index contributed by atoms with van der Waals surface area (Å²) in [5.41, 5.74) is 5.74. The molecule has 1 aliphatic rings. The lowest BCUT2D eigenvalue weighted by Gasteiger charge is -2.29. The first kappa shape index (κ1) is 8.22. The van der Waals surface area contributed by atoms with Gasteiger partial charge in [0.1, 0.15) is 5.54 Å². The first-order valence-electron chi connectivity index (χ1n) is 4.07. The normalized spacial score (nSPS) is 32.3. The number of hydrogen-bond donors (Lipinski definition) is 3. The lowest BCUT2D eigenvalue weighted by atomic mass is 9.86. The van der Waals surface area contributed by atoms with Crippen LogP contribution in [-0.2, 0) is 5.54 Å². The summed E-state index contributed by atoms with van der Waals surface area (Å²) in [6.45, 7) is 0. The second-order valence-electron chi connectivity index (χ2n) is 3.08. The minimum atomic E-state index is -0.894. The molecule has 0 saturated carbocycles. The maximum Gasteiger partial charge on any atom is 0.109 e. The average molecular weight is 177 g/mol. The van der Waals surface area contributed by atoms with Crippen LogP contribution in [0.15, 0.2) is 36.6 Å². The minimum Gasteiger partial charge on any atom is -0.386 e. The second kappa shape index (κ2) is 2.83. The lowest BCUT2D eigenvalue weighted by Crippen LogP contribution is -2.46. The number of aromatic amines is 1. The number of rotatable bonds is 1. The van der Waals surface area contributed by atoms with E-state index < -0.39 is 11.6 Å². The van der Waals surface area contributed by atoms with E-state index in [1.807, 2.05) is 0 Å². The molecule has 0 saturated heterocycles. The van der Waals surface area contributed by atoms with Gasteiger partial charge in [-0.2, -0.15) is 5.10 Å². The third kappa shape index (κ3) is 1.20. The van der Waals surface area contributed by atoms with E-state index in [-0.39, 0.29) is 0 Å². The predicted octanol–water partition coefficient (Wildman–Crippen LogP) is 0.0506. The molecule has 0 radical (unpaired) electrons. The van der Waals surface area contributed by atoms with Gasteiger partial charge in [-0.3, -0.25) is 5.10 Å². The molecule has 1 heterocycles. The van der Waals surface area contributed by atoms with Gasteiger partial charge in [0.15, 0.2) is 0 Å². The van der Waals surface area contributed by atoms with E-state index in [1.54, 1.807) is 36.6 Å². The fourth-order valence-electron chi connectivity index (χ4n) is 1.38. The van der Waals surface area contributed by atoms with Gasteiger partial charge in [0.2, 0.25) is 0 Å². The first-order valence-corrected chi connectivity index (χ1v) is 4.07. The van der Waals surface area contributed by atoms with Gasteiger partial charge < -0.3 is 10.8 Å². The Hall–Kier alpha value is -1.39. The zero-order chi connectivity index (χ0) is 9.31. The fourth-order valence-corrected chi connectivity index (χ4v) is 1.38. The smallest absolute Gasteiger partial charge is 0.109 e. The van der Waals surface area contributed by atoms with Gasteiger partial charge >= 0.3 is 0 Å². The van der Waals surface area contributed by atoms with Crippen LogP contribution in [-0.4, -0.2) is 21.4 Å². The molecular weight excluding hydrogens is 166 g/mol. The monoisotopic (exact) mass is 177 g/mol. The Labute approximate surface area is 75.8 Å². The van der Waals surface area contributed by atoms with Crippen molar-refractivity contribution in [2.24, 2.45) is 5.73 Å². The number of hydrogen-bond acceptors (Lipinski definition) is 3. The van der Waals surface area contributed by atoms with Gasteiger partial charge in [-0.1, -0.05) is 24.3 Å². The topological polar surface area (TPSA) is 74.9 Å². The molecule has 0 aromatic carbocycles. The highest BCUT2D eigenvalue weighted by atomic mass is 16.3. The highest BCUT2D eigenvalue weighted by Crippen LogP contribution is 2.25. The van der Waals surface area contributed by atoms with Crippen LogP contribution < -0.4 is 5.73 Å². The Kier molecular flexibility index (Phi) is 1.79. The van der Waals surface area contributed by atoms with E-state index in [1.165, 1.54) is 0 Å². The van der Waals surface area contributed by atoms with Gasteiger partial charge in [-0.15, -0.1) is 0 Å². The molecule has 2 rings (SSSR count). The molecular formula is C9H11N3O. The number of nitrogens with zero attached hydrogens (tertiary/aromatic N) is 1. The molecule has 0 fully saturated rings. The van der Waals surface area contributed by atoms with Crippen molar-refractivity contribution in [2.75, 3.05) is 0 Å². The Morgan fingerprint density at radius 2 is 2.38 bits per heavy atom. The van der Waals surface area contributed by atoms with Crippen LogP contribution in [0.4, 0.5) is 0 Å². The lowest BCUT2D eigenvalue weighted by molar-refractivity contribution is 0.149. The van der Waals surface area contributed by atoms with Crippen molar-refractivity contribution < 1.29 is 5.11 Å². The van der Waals surface area contributed by atoms with E-state index in [0.717, 1.165) is 0 Å². The number of allylic oxidation sites excluding steroid dienone is 2. The Morgan fingerprint density at radius 1 is 1.54 bits per heavy atom. The van der Waals surface area contributed by atoms with Crippen molar-refractivity contribution in [1.82, 2.24) is 10.2 Å². The Morgan fingerprint density at radius 3 is 3.00 bits per heavy atom. The standard InChI is InChI=1S/C9H11N3O/c10-9(7-4-6-11-12-7)5-2-1-3-8(9)13/h1-6,8,13H,10H2,(H,11,12). The molecule has 1 aliphatic carbocycles. The number of aromatic nitrogens is 2. The summed E-state index contributed by atoms with van der Waals surface area (Å²) in [5, 5.41) is 16.3. The second-order valence-corrected chi connectivity index (χ2v) is 3.08. The number of nitrogens with two attached hydrogens (primary N) is 1. The number of H-pyrrole nitrogens is 1. The maximum absolute atomic E-state index is 9.68. The van der Waals surface area contributed by atoms with E-state index in [9.17, 15) is 5.11 Å². The van der Waals surface area contributed by atoms with E-state index in [4.69, 9.17) is 5.73 Å². The zero-order valence-electron chi connectivity index (χ0n) is 7.01. The van der Waals surface area contributed by atoms with Crippen molar-refractivity contribution in [2.45, 2.75) is 11.6 Å². The Balaban J connectivity index is 2.41. The molecule has 2 unspecified atom stereocenters. The van der Waals surface area contributed by atoms with Crippen LogP contribution in [0.3, 0.4) is 0 Å². The summed E-state index contributed by atoms with van der Waals surface area (Å²) < 4.78 is 0. The van der Waals surface area contributed by atoms with Crippen LogP contribution in [0.1, 0.15) is 5.69 Å². The molecule has 4 nitrogen and oxygen atoms in total. The fraction of sp³-hybridized carbons (Fsp3) is 0.222. The average Bonchev–Trinajstić information content (AvgIpc) is 2.63. The van der Waals surface area contributed by atoms with Gasteiger partial charge in [-0.05, 0) is 6.07 Å². The molecule has 0 bridgehead atoms. The van der Waals surface area contributed by atoms with Crippen molar-refractivity contribution >= 4 is 0 Å². The van der Waals surface area contributed by atoms with E-state index in [2.05, 4.69) is 10.2 Å². The molecule has 4 N–H and O–H groups in total.